The lowest BCUT2D eigenvalue weighted by Gasteiger charge is -2.41. The van der Waals surface area contributed by atoms with Crippen molar-refractivity contribution in [2.24, 2.45) is 5.41 Å². The van der Waals surface area contributed by atoms with E-state index in [0.717, 1.165) is 50.0 Å². The first-order valence-corrected chi connectivity index (χ1v) is 16.3. The fraction of sp³-hybridized carbons (Fsp3) is 0.184. The molecule has 3 nitrogen and oxygen atoms in total. The highest BCUT2D eigenvalue weighted by Gasteiger charge is 2.47. The van der Waals surface area contributed by atoms with Gasteiger partial charge in [0.2, 0.25) is 0 Å². The molecule has 0 radical (unpaired) electrons. The van der Waals surface area contributed by atoms with Gasteiger partial charge < -0.3 is 4.74 Å². The van der Waals surface area contributed by atoms with Crippen molar-refractivity contribution in [2.45, 2.75) is 32.6 Å². The van der Waals surface area contributed by atoms with Gasteiger partial charge in [-0.3, -0.25) is 9.59 Å². The molecule has 1 aliphatic carbocycles. The number of rotatable bonds is 7. The molecular formula is C38H35O3P. The van der Waals surface area contributed by atoms with Crippen molar-refractivity contribution in [2.75, 3.05) is 7.11 Å². The van der Waals surface area contributed by atoms with Crippen molar-refractivity contribution in [3.63, 3.8) is 0 Å². The number of carbonyl (C=O) groups is 2. The van der Waals surface area contributed by atoms with Crippen LogP contribution in [0.5, 0.6) is 5.75 Å². The van der Waals surface area contributed by atoms with Crippen LogP contribution in [0, 0.1) is 5.41 Å². The van der Waals surface area contributed by atoms with Crippen LogP contribution in [0.15, 0.2) is 121 Å². The molecule has 2 atom stereocenters. The van der Waals surface area contributed by atoms with Crippen LogP contribution in [-0.4, -0.2) is 24.5 Å². The number of benzene rings is 5. The van der Waals surface area contributed by atoms with Crippen LogP contribution in [0.4, 0.5) is 0 Å². The monoisotopic (exact) mass is 570 g/mol. The zero-order chi connectivity index (χ0) is 29.3. The minimum absolute atomic E-state index is 0.0242. The second-order valence-electron chi connectivity index (χ2n) is 11.4. The summed E-state index contributed by atoms with van der Waals surface area (Å²) in [6.45, 7) is 1.14. The molecule has 0 N–H and O–H groups in total. The van der Waals surface area contributed by atoms with E-state index in [1.54, 1.807) is 14.0 Å². The molecule has 0 saturated heterocycles. The fourth-order valence-electron chi connectivity index (χ4n) is 6.85. The van der Waals surface area contributed by atoms with Crippen molar-refractivity contribution in [1.82, 2.24) is 0 Å². The summed E-state index contributed by atoms with van der Waals surface area (Å²) < 4.78 is 5.45. The van der Waals surface area contributed by atoms with Gasteiger partial charge in [0.05, 0.1) is 13.0 Å². The van der Waals surface area contributed by atoms with E-state index in [0.29, 0.717) is 6.42 Å². The summed E-state index contributed by atoms with van der Waals surface area (Å²) >= 11 is 0. The molecule has 210 valence electrons. The Morgan fingerprint density at radius 2 is 1.33 bits per heavy atom. The maximum Gasteiger partial charge on any atom is 0.163 e. The smallest absolute Gasteiger partial charge is 0.163 e. The van der Waals surface area contributed by atoms with Gasteiger partial charge in [-0.15, -0.1) is 0 Å². The quantitative estimate of drug-likeness (QED) is 0.201. The first kappa shape index (κ1) is 27.9. The van der Waals surface area contributed by atoms with E-state index >= 15 is 0 Å². The van der Waals surface area contributed by atoms with Gasteiger partial charge in [-0.1, -0.05) is 116 Å². The Labute approximate surface area is 248 Å². The predicted octanol–water partition coefficient (Wildman–Crippen LogP) is 6.84. The number of ketones is 2. The third-order valence-electron chi connectivity index (χ3n) is 8.99. The Kier molecular flexibility index (Phi) is 7.47. The minimum Gasteiger partial charge on any atom is -0.497 e. The van der Waals surface area contributed by atoms with Crippen molar-refractivity contribution < 1.29 is 14.3 Å². The molecule has 0 spiro atoms. The molecular weight excluding hydrogens is 535 g/mol. The first-order valence-electron chi connectivity index (χ1n) is 14.4. The topological polar surface area (TPSA) is 43.4 Å². The highest BCUT2D eigenvalue weighted by molar-refractivity contribution is 7.95. The van der Waals surface area contributed by atoms with Crippen LogP contribution in [0.1, 0.15) is 37.3 Å². The average Bonchev–Trinajstić information content (AvgIpc) is 3.04. The number of methoxy groups -OCH3 is 1. The minimum atomic E-state index is -2.51. The maximum atomic E-state index is 14.9. The lowest BCUT2D eigenvalue weighted by Crippen LogP contribution is -2.43. The molecule has 0 aliphatic heterocycles. The predicted molar refractivity (Wildman–Crippen MR) is 177 cm³/mol. The van der Waals surface area contributed by atoms with E-state index in [1.165, 1.54) is 0 Å². The van der Waals surface area contributed by atoms with Crippen LogP contribution >= 0.6 is 6.89 Å². The number of hydrogen-bond donors (Lipinski definition) is 0. The van der Waals surface area contributed by atoms with Crippen LogP contribution in [0.25, 0.3) is 10.8 Å². The van der Waals surface area contributed by atoms with E-state index in [2.05, 4.69) is 54.6 Å². The van der Waals surface area contributed by atoms with Crippen molar-refractivity contribution >= 4 is 50.9 Å². The standard InChI is InChI=1S/C38H35O3P/c1-27(39)37-35-21-19-28-25-29(41-3)20-22-33(28)34(35)23-24-38(37,2)36(40)26-42(30-13-7-4-8-14-30,31-15-9-5-10-16-31)32-17-11-6-12-18-32/h4-22,25-26,37H,23-24H2,1-3H3. The largest absolute Gasteiger partial charge is 0.497 e. The zero-order valence-electron chi connectivity index (χ0n) is 24.3. The first-order chi connectivity index (χ1) is 20.4. The summed E-state index contributed by atoms with van der Waals surface area (Å²) in [5.74, 6) is 2.35. The van der Waals surface area contributed by atoms with Gasteiger partial charge in [-0.25, -0.2) is 0 Å². The Balaban J connectivity index is 1.58. The van der Waals surface area contributed by atoms with E-state index in [4.69, 9.17) is 4.74 Å². The molecule has 0 heterocycles. The maximum absolute atomic E-state index is 14.9. The zero-order valence-corrected chi connectivity index (χ0v) is 25.2. The van der Waals surface area contributed by atoms with Crippen LogP contribution in [-0.2, 0) is 16.0 Å². The number of ether oxygens (including phenoxy) is 1. The molecule has 6 rings (SSSR count). The summed E-state index contributed by atoms with van der Waals surface area (Å²) in [5.41, 5.74) is 1.26. The van der Waals surface area contributed by atoms with Crippen LogP contribution in [0.3, 0.4) is 0 Å². The average molecular weight is 571 g/mol. The number of carbonyl (C=O) groups excluding carboxylic acids is 2. The van der Waals surface area contributed by atoms with E-state index in [1.807, 2.05) is 79.5 Å². The third-order valence-corrected chi connectivity index (χ3v) is 12.9. The van der Waals surface area contributed by atoms with Crippen LogP contribution < -0.4 is 20.7 Å². The lowest BCUT2D eigenvalue weighted by molar-refractivity contribution is -0.130. The molecule has 0 aromatic heterocycles. The molecule has 5 aromatic carbocycles. The van der Waals surface area contributed by atoms with Gasteiger partial charge >= 0.3 is 0 Å². The van der Waals surface area contributed by atoms with Gasteiger partial charge in [0.1, 0.15) is 11.5 Å². The molecule has 0 fully saturated rings. The Morgan fingerprint density at radius 1 is 0.786 bits per heavy atom. The molecule has 1 aliphatic rings. The van der Waals surface area contributed by atoms with Crippen molar-refractivity contribution in [1.29, 1.82) is 0 Å². The summed E-state index contributed by atoms with van der Waals surface area (Å²) in [6.07, 6.45) is 1.33. The number of fused-ring (bicyclic) bond motifs is 3. The van der Waals surface area contributed by atoms with Gasteiger partial charge in [-0.05, 0) is 82.4 Å². The molecule has 5 aromatic rings. The van der Waals surface area contributed by atoms with Crippen LogP contribution in [0.2, 0.25) is 0 Å². The van der Waals surface area contributed by atoms with E-state index in [9.17, 15) is 9.59 Å². The lowest BCUT2D eigenvalue weighted by atomic mass is 9.61. The normalized spacial score (nSPS) is 18.2. The summed E-state index contributed by atoms with van der Waals surface area (Å²) in [7, 11) is 1.67. The van der Waals surface area contributed by atoms with E-state index < -0.39 is 18.2 Å². The molecule has 4 heteroatoms. The van der Waals surface area contributed by atoms with Gasteiger partial charge in [0.25, 0.3) is 0 Å². The molecule has 42 heavy (non-hydrogen) atoms. The molecule has 2 unspecified atom stereocenters. The van der Waals surface area contributed by atoms with Crippen molar-refractivity contribution in [3.05, 3.63) is 132 Å². The molecule has 0 saturated carbocycles. The van der Waals surface area contributed by atoms with Gasteiger partial charge in [-0.2, -0.15) is 0 Å². The second kappa shape index (κ2) is 11.2. The summed E-state index contributed by atoms with van der Waals surface area (Å²) in [5, 5.41) is 5.57. The number of hydrogen-bond acceptors (Lipinski definition) is 3. The molecule has 0 amide bonds. The van der Waals surface area contributed by atoms with Gasteiger partial charge in [0.15, 0.2) is 5.78 Å². The highest BCUT2D eigenvalue weighted by Crippen LogP contribution is 2.51. The summed E-state index contributed by atoms with van der Waals surface area (Å²) in [4.78, 5) is 28.4. The second-order valence-corrected chi connectivity index (χ2v) is 14.7. The SMILES string of the molecule is COc1ccc2c3c(ccc2c1)C(C(C)=O)C(C)(C(=O)C=P(c1ccccc1)(c1ccccc1)c1ccccc1)CC3. The Bertz CT molecular complexity index is 1720. The van der Waals surface area contributed by atoms with Crippen molar-refractivity contribution in [3.8, 4) is 5.75 Å². The fourth-order valence-corrected chi connectivity index (χ4v) is 10.8. The van der Waals surface area contributed by atoms with Gasteiger partial charge in [0, 0.05) is 5.41 Å². The van der Waals surface area contributed by atoms with E-state index in [-0.39, 0.29) is 11.6 Å². The summed E-state index contributed by atoms with van der Waals surface area (Å²) in [6, 6.07) is 41.3. The highest BCUT2D eigenvalue weighted by atomic mass is 31.2. The third kappa shape index (κ3) is 4.63. The Hall–Kier alpha value is -4.20. The molecule has 0 bridgehead atoms. The number of aryl methyl sites for hydroxylation is 1. The Morgan fingerprint density at radius 3 is 1.83 bits per heavy atom. The number of Topliss-reactive ketones (excluding diaryl/α,β-unsaturated/α-hetero) is 2.